The first-order valence-electron chi connectivity index (χ1n) is 9.21. The first-order chi connectivity index (χ1) is 12.3. The highest BCUT2D eigenvalue weighted by Gasteiger charge is 2.21. The van der Waals surface area contributed by atoms with Gasteiger partial charge in [0.05, 0.1) is 11.6 Å². The third kappa shape index (κ3) is 4.48. The van der Waals surface area contributed by atoms with E-state index >= 15 is 0 Å². The van der Waals surface area contributed by atoms with Crippen LogP contribution >= 0.6 is 0 Å². The van der Waals surface area contributed by atoms with E-state index < -0.39 is 0 Å². The van der Waals surface area contributed by atoms with Crippen LogP contribution < -0.4 is 5.32 Å². The number of hydrogen-bond donors (Lipinski definition) is 1. The van der Waals surface area contributed by atoms with Crippen molar-refractivity contribution in [2.75, 3.05) is 33.3 Å². The first-order valence-corrected chi connectivity index (χ1v) is 9.21. The van der Waals surface area contributed by atoms with Gasteiger partial charge in [-0.05, 0) is 37.8 Å². The van der Waals surface area contributed by atoms with Crippen LogP contribution in [0.5, 0.6) is 0 Å². The van der Waals surface area contributed by atoms with Crippen LogP contribution in [0.2, 0.25) is 0 Å². The second kappa shape index (κ2) is 8.81. The molecule has 0 bridgehead atoms. The van der Waals surface area contributed by atoms with E-state index in [2.05, 4.69) is 51.4 Å². The van der Waals surface area contributed by atoms with E-state index in [9.17, 15) is 0 Å². The van der Waals surface area contributed by atoms with Crippen LogP contribution in [0.15, 0.2) is 41.5 Å². The molecule has 1 aromatic carbocycles. The minimum absolute atomic E-state index is 0.404. The number of nitrogens with zero attached hydrogens (tertiary/aromatic N) is 3. The number of rotatable bonds is 5. The largest absolute Gasteiger partial charge is 0.378 e. The fourth-order valence-corrected chi connectivity index (χ4v) is 3.48. The van der Waals surface area contributed by atoms with Gasteiger partial charge < -0.3 is 15.0 Å². The Balaban J connectivity index is 1.54. The van der Waals surface area contributed by atoms with E-state index in [1.807, 2.05) is 19.3 Å². The second-order valence-corrected chi connectivity index (χ2v) is 6.36. The smallest absolute Gasteiger partial charge is 0.193 e. The fraction of sp³-hybridized carbons (Fsp3) is 0.500. The fourth-order valence-electron chi connectivity index (χ4n) is 3.48. The SMILES string of the molecule is CCOC1CCN(C(=NC)NCCc2cccc3cccnc23)CC1. The van der Waals surface area contributed by atoms with Crippen molar-refractivity contribution in [1.29, 1.82) is 0 Å². The number of hydrogen-bond acceptors (Lipinski definition) is 3. The molecule has 0 spiro atoms. The molecule has 3 rings (SSSR count). The number of benzene rings is 1. The molecule has 0 radical (unpaired) electrons. The van der Waals surface area contributed by atoms with Gasteiger partial charge in [0.15, 0.2) is 5.96 Å². The number of pyridine rings is 1. The highest BCUT2D eigenvalue weighted by Crippen LogP contribution is 2.16. The summed E-state index contributed by atoms with van der Waals surface area (Å²) in [6.45, 7) is 5.72. The van der Waals surface area contributed by atoms with Gasteiger partial charge in [0.1, 0.15) is 0 Å². The van der Waals surface area contributed by atoms with Gasteiger partial charge in [-0.2, -0.15) is 0 Å². The predicted molar refractivity (Wildman–Crippen MR) is 103 cm³/mol. The van der Waals surface area contributed by atoms with Gasteiger partial charge in [-0.15, -0.1) is 0 Å². The van der Waals surface area contributed by atoms with Crippen molar-refractivity contribution in [1.82, 2.24) is 15.2 Å². The monoisotopic (exact) mass is 340 g/mol. The number of aromatic nitrogens is 1. The molecule has 5 heteroatoms. The second-order valence-electron chi connectivity index (χ2n) is 6.36. The Morgan fingerprint density at radius 3 is 2.84 bits per heavy atom. The number of likely N-dealkylation sites (tertiary alicyclic amines) is 1. The van der Waals surface area contributed by atoms with E-state index in [0.29, 0.717) is 6.10 Å². The van der Waals surface area contributed by atoms with Gasteiger partial charge >= 0.3 is 0 Å². The molecule has 1 saturated heterocycles. The number of ether oxygens (including phenoxy) is 1. The topological polar surface area (TPSA) is 49.8 Å². The number of aliphatic imine (C=N–C) groups is 1. The first kappa shape index (κ1) is 17.7. The summed E-state index contributed by atoms with van der Waals surface area (Å²) in [5, 5.41) is 4.70. The minimum Gasteiger partial charge on any atom is -0.378 e. The maximum atomic E-state index is 5.73. The number of guanidine groups is 1. The molecule has 1 aliphatic rings. The molecule has 25 heavy (non-hydrogen) atoms. The van der Waals surface area contributed by atoms with Crippen molar-refractivity contribution in [3.63, 3.8) is 0 Å². The molecule has 1 aromatic heterocycles. The van der Waals surface area contributed by atoms with Crippen LogP contribution in [-0.4, -0.2) is 55.2 Å². The van der Waals surface area contributed by atoms with Crippen LogP contribution in [0.25, 0.3) is 10.9 Å². The third-order valence-electron chi connectivity index (χ3n) is 4.75. The van der Waals surface area contributed by atoms with Gasteiger partial charge in [-0.3, -0.25) is 9.98 Å². The summed E-state index contributed by atoms with van der Waals surface area (Å²) in [5.74, 6) is 0.989. The van der Waals surface area contributed by atoms with E-state index in [1.165, 1.54) is 10.9 Å². The molecular weight excluding hydrogens is 312 g/mol. The van der Waals surface area contributed by atoms with Gasteiger partial charge in [0.25, 0.3) is 0 Å². The van der Waals surface area contributed by atoms with Crippen molar-refractivity contribution in [2.24, 2.45) is 4.99 Å². The van der Waals surface area contributed by atoms with Crippen LogP contribution in [0.4, 0.5) is 0 Å². The molecule has 5 nitrogen and oxygen atoms in total. The Morgan fingerprint density at radius 2 is 2.08 bits per heavy atom. The zero-order valence-corrected chi connectivity index (χ0v) is 15.2. The van der Waals surface area contributed by atoms with Crippen molar-refractivity contribution >= 4 is 16.9 Å². The quantitative estimate of drug-likeness (QED) is 0.672. The summed E-state index contributed by atoms with van der Waals surface area (Å²) < 4.78 is 5.73. The summed E-state index contributed by atoms with van der Waals surface area (Å²) in [6.07, 6.45) is 5.34. The van der Waals surface area contributed by atoms with E-state index in [1.54, 1.807) is 0 Å². The number of para-hydroxylation sites is 1. The van der Waals surface area contributed by atoms with Crippen molar-refractivity contribution in [3.05, 3.63) is 42.1 Å². The maximum absolute atomic E-state index is 5.73. The van der Waals surface area contributed by atoms with Crippen molar-refractivity contribution in [2.45, 2.75) is 32.3 Å². The lowest BCUT2D eigenvalue weighted by Gasteiger charge is -2.34. The highest BCUT2D eigenvalue weighted by molar-refractivity contribution is 5.82. The van der Waals surface area contributed by atoms with Gasteiger partial charge in [-0.1, -0.05) is 24.3 Å². The average Bonchev–Trinajstić information content (AvgIpc) is 2.66. The Morgan fingerprint density at radius 1 is 1.28 bits per heavy atom. The Labute approximate surface area is 150 Å². The molecule has 134 valence electrons. The van der Waals surface area contributed by atoms with Gasteiger partial charge in [-0.25, -0.2) is 0 Å². The molecule has 0 amide bonds. The normalized spacial score (nSPS) is 16.4. The average molecular weight is 340 g/mol. The van der Waals surface area contributed by atoms with E-state index in [0.717, 1.165) is 57.0 Å². The summed E-state index contributed by atoms with van der Waals surface area (Å²) in [7, 11) is 1.86. The van der Waals surface area contributed by atoms with Gasteiger partial charge in [0.2, 0.25) is 0 Å². The van der Waals surface area contributed by atoms with E-state index in [4.69, 9.17) is 4.74 Å². The summed E-state index contributed by atoms with van der Waals surface area (Å²) >= 11 is 0. The summed E-state index contributed by atoms with van der Waals surface area (Å²) in [4.78, 5) is 11.3. The summed E-state index contributed by atoms with van der Waals surface area (Å²) in [5.41, 5.74) is 2.37. The molecule has 0 saturated carbocycles. The maximum Gasteiger partial charge on any atom is 0.193 e. The lowest BCUT2D eigenvalue weighted by Crippen LogP contribution is -2.47. The molecule has 2 aromatic rings. The minimum atomic E-state index is 0.404. The van der Waals surface area contributed by atoms with Crippen LogP contribution in [-0.2, 0) is 11.2 Å². The lowest BCUT2D eigenvalue weighted by molar-refractivity contribution is 0.0264. The lowest BCUT2D eigenvalue weighted by atomic mass is 10.1. The molecule has 1 aliphatic heterocycles. The molecule has 0 aliphatic carbocycles. The Hall–Kier alpha value is -2.14. The zero-order valence-electron chi connectivity index (χ0n) is 15.2. The predicted octanol–water partition coefficient (Wildman–Crippen LogP) is 2.85. The van der Waals surface area contributed by atoms with Crippen molar-refractivity contribution < 1.29 is 4.74 Å². The molecule has 1 fully saturated rings. The van der Waals surface area contributed by atoms with Crippen molar-refractivity contribution in [3.8, 4) is 0 Å². The number of nitrogens with one attached hydrogen (secondary N) is 1. The summed E-state index contributed by atoms with van der Waals surface area (Å²) in [6, 6.07) is 10.5. The Kier molecular flexibility index (Phi) is 6.23. The molecule has 0 atom stereocenters. The highest BCUT2D eigenvalue weighted by atomic mass is 16.5. The molecule has 0 unspecified atom stereocenters. The standard InChI is InChI=1S/C20H28N4O/c1-3-25-18-10-14-24(15-11-18)20(21-2)23-13-9-17-7-4-6-16-8-5-12-22-19(16)17/h4-8,12,18H,3,9-11,13-15H2,1-2H3,(H,21,23). The molecular formula is C20H28N4O. The number of piperidine rings is 1. The van der Waals surface area contributed by atoms with Gasteiger partial charge in [0, 0.05) is 44.9 Å². The third-order valence-corrected chi connectivity index (χ3v) is 4.75. The van der Waals surface area contributed by atoms with Crippen LogP contribution in [0.3, 0.4) is 0 Å². The van der Waals surface area contributed by atoms with E-state index in [-0.39, 0.29) is 0 Å². The van der Waals surface area contributed by atoms with Crippen LogP contribution in [0, 0.1) is 0 Å². The molecule has 2 heterocycles. The number of fused-ring (bicyclic) bond motifs is 1. The Bertz CT molecular complexity index is 702. The zero-order chi connectivity index (χ0) is 17.5. The van der Waals surface area contributed by atoms with Crippen LogP contribution in [0.1, 0.15) is 25.3 Å². The molecule has 1 N–H and O–H groups in total.